The highest BCUT2D eigenvalue weighted by Crippen LogP contribution is 2.01. The summed E-state index contributed by atoms with van der Waals surface area (Å²) in [5, 5.41) is 0.713. The van der Waals surface area contributed by atoms with Gasteiger partial charge in [-0.3, -0.25) is 0 Å². The molecule has 2 nitrogen and oxygen atoms in total. The Bertz CT molecular complexity index is 107. The Morgan fingerprint density at radius 2 is 2.25 bits per heavy atom. The molecule has 0 radical (unpaired) electrons. The molecule has 0 amide bonds. The molecule has 72 valence electrons. The number of hydrogen-bond acceptors (Lipinski definition) is 2. The Kier molecular flexibility index (Phi) is 9.34. The van der Waals surface area contributed by atoms with E-state index in [-0.39, 0.29) is 6.29 Å². The maximum absolute atomic E-state index is 5.42. The molecule has 0 aromatic carbocycles. The molecule has 12 heavy (non-hydrogen) atoms. The van der Waals surface area contributed by atoms with Crippen LogP contribution in [0.25, 0.3) is 0 Å². The molecule has 1 atom stereocenters. The van der Waals surface area contributed by atoms with Crippen molar-refractivity contribution in [2.75, 3.05) is 18.5 Å². The molecule has 0 N–H and O–H groups in total. The van der Waals surface area contributed by atoms with Gasteiger partial charge in [0.15, 0.2) is 6.29 Å². The van der Waals surface area contributed by atoms with Crippen LogP contribution in [0.3, 0.4) is 0 Å². The van der Waals surface area contributed by atoms with Gasteiger partial charge < -0.3 is 9.47 Å². The van der Waals surface area contributed by atoms with E-state index in [2.05, 4.69) is 29.4 Å². The van der Waals surface area contributed by atoms with Crippen LogP contribution in [0.4, 0.5) is 0 Å². The summed E-state index contributed by atoms with van der Waals surface area (Å²) in [5.74, 6) is 0. The van der Waals surface area contributed by atoms with Crippen LogP contribution in [-0.2, 0) is 9.47 Å². The lowest BCUT2D eigenvalue weighted by Crippen LogP contribution is -2.19. The molecule has 0 aliphatic heterocycles. The molecule has 0 aliphatic rings. The second-order valence-corrected chi connectivity index (χ2v) is 3.08. The van der Waals surface area contributed by atoms with Crippen LogP contribution in [0.15, 0.2) is 12.7 Å². The molecule has 0 bridgehead atoms. The monoisotopic (exact) mass is 236 g/mol. The van der Waals surface area contributed by atoms with E-state index in [4.69, 9.17) is 9.47 Å². The molecule has 0 heterocycles. The lowest BCUT2D eigenvalue weighted by atomic mass is 10.4. The first-order valence-corrected chi connectivity index (χ1v) is 5.37. The van der Waals surface area contributed by atoms with Gasteiger partial charge in [-0.05, 0) is 6.42 Å². The van der Waals surface area contributed by atoms with E-state index in [1.54, 1.807) is 6.08 Å². The SMILES string of the molecule is C=CCOC(CBr)OCCCC. The van der Waals surface area contributed by atoms with Crippen LogP contribution in [-0.4, -0.2) is 24.8 Å². The van der Waals surface area contributed by atoms with Gasteiger partial charge in [0.2, 0.25) is 0 Å². The average Bonchev–Trinajstić information content (AvgIpc) is 2.11. The maximum Gasteiger partial charge on any atom is 0.167 e. The predicted octanol–water partition coefficient (Wildman–Crippen LogP) is 2.73. The van der Waals surface area contributed by atoms with Crippen molar-refractivity contribution >= 4 is 15.9 Å². The second kappa shape index (κ2) is 9.23. The van der Waals surface area contributed by atoms with Crippen LogP contribution >= 0.6 is 15.9 Å². The fourth-order valence-corrected chi connectivity index (χ4v) is 1.05. The van der Waals surface area contributed by atoms with E-state index in [1.807, 2.05) is 0 Å². The van der Waals surface area contributed by atoms with Crippen molar-refractivity contribution in [3.8, 4) is 0 Å². The highest BCUT2D eigenvalue weighted by molar-refractivity contribution is 9.09. The summed E-state index contributed by atoms with van der Waals surface area (Å²) < 4.78 is 10.7. The van der Waals surface area contributed by atoms with Gasteiger partial charge in [-0.15, -0.1) is 6.58 Å². The summed E-state index contributed by atoms with van der Waals surface area (Å²) >= 11 is 3.31. The van der Waals surface area contributed by atoms with Crippen molar-refractivity contribution in [1.82, 2.24) is 0 Å². The third kappa shape index (κ3) is 6.83. The molecule has 0 fully saturated rings. The summed E-state index contributed by atoms with van der Waals surface area (Å²) in [6.45, 7) is 7.02. The smallest absolute Gasteiger partial charge is 0.167 e. The number of hydrogen-bond donors (Lipinski definition) is 0. The Hall–Kier alpha value is 0.140. The zero-order chi connectivity index (χ0) is 9.23. The number of ether oxygens (including phenoxy) is 2. The van der Waals surface area contributed by atoms with Crippen molar-refractivity contribution in [1.29, 1.82) is 0 Å². The third-order valence-electron chi connectivity index (χ3n) is 1.33. The zero-order valence-electron chi connectivity index (χ0n) is 7.59. The topological polar surface area (TPSA) is 18.5 Å². The Labute approximate surface area is 83.1 Å². The minimum absolute atomic E-state index is 0.130. The predicted molar refractivity (Wildman–Crippen MR) is 54.6 cm³/mol. The summed E-state index contributed by atoms with van der Waals surface area (Å²) in [6, 6.07) is 0. The Balaban J connectivity index is 3.32. The van der Waals surface area contributed by atoms with Crippen LogP contribution < -0.4 is 0 Å². The van der Waals surface area contributed by atoms with Gasteiger partial charge in [0, 0.05) is 6.61 Å². The first-order chi connectivity index (χ1) is 5.85. The summed E-state index contributed by atoms with van der Waals surface area (Å²) in [6.07, 6.45) is 3.82. The number of unbranched alkanes of at least 4 members (excludes halogenated alkanes) is 1. The summed E-state index contributed by atoms with van der Waals surface area (Å²) in [7, 11) is 0. The van der Waals surface area contributed by atoms with E-state index >= 15 is 0 Å². The first kappa shape index (κ1) is 12.1. The normalized spacial score (nSPS) is 12.8. The molecule has 0 saturated heterocycles. The molecule has 1 unspecified atom stereocenters. The van der Waals surface area contributed by atoms with E-state index in [9.17, 15) is 0 Å². The number of alkyl halides is 1. The van der Waals surface area contributed by atoms with Crippen molar-refractivity contribution in [3.63, 3.8) is 0 Å². The molecule has 0 aromatic heterocycles. The maximum atomic E-state index is 5.42. The molecular weight excluding hydrogens is 220 g/mol. The first-order valence-electron chi connectivity index (χ1n) is 4.25. The van der Waals surface area contributed by atoms with Gasteiger partial charge in [0.25, 0.3) is 0 Å². The van der Waals surface area contributed by atoms with Crippen LogP contribution in [0.5, 0.6) is 0 Å². The lowest BCUT2D eigenvalue weighted by Gasteiger charge is -2.14. The number of rotatable bonds is 8. The van der Waals surface area contributed by atoms with Crippen molar-refractivity contribution < 1.29 is 9.47 Å². The minimum atomic E-state index is -0.130. The largest absolute Gasteiger partial charge is 0.352 e. The fraction of sp³-hybridized carbons (Fsp3) is 0.778. The number of halogens is 1. The molecule has 0 aromatic rings. The molecular formula is C9H17BrO2. The van der Waals surface area contributed by atoms with Gasteiger partial charge in [0.05, 0.1) is 11.9 Å². The molecule has 3 heteroatoms. The molecule has 0 spiro atoms. The van der Waals surface area contributed by atoms with E-state index in [1.165, 1.54) is 0 Å². The molecule has 0 aliphatic carbocycles. The van der Waals surface area contributed by atoms with E-state index in [0.717, 1.165) is 19.4 Å². The van der Waals surface area contributed by atoms with E-state index in [0.29, 0.717) is 11.9 Å². The van der Waals surface area contributed by atoms with Crippen LogP contribution in [0.1, 0.15) is 19.8 Å². The molecule has 0 saturated carbocycles. The van der Waals surface area contributed by atoms with Crippen LogP contribution in [0.2, 0.25) is 0 Å². The summed E-state index contributed by atoms with van der Waals surface area (Å²) in [5.41, 5.74) is 0. The third-order valence-corrected chi connectivity index (χ3v) is 1.86. The minimum Gasteiger partial charge on any atom is -0.352 e. The highest BCUT2D eigenvalue weighted by Gasteiger charge is 2.04. The van der Waals surface area contributed by atoms with Gasteiger partial charge in [-0.2, -0.15) is 0 Å². The summed E-state index contributed by atoms with van der Waals surface area (Å²) in [4.78, 5) is 0. The standard InChI is InChI=1S/C9H17BrO2/c1-3-5-7-12-9(8-10)11-6-4-2/h4,9H,2-3,5-8H2,1H3. The van der Waals surface area contributed by atoms with Gasteiger partial charge in [-0.25, -0.2) is 0 Å². The average molecular weight is 237 g/mol. The van der Waals surface area contributed by atoms with Gasteiger partial charge in [-0.1, -0.05) is 35.4 Å². The highest BCUT2D eigenvalue weighted by atomic mass is 79.9. The Morgan fingerprint density at radius 1 is 1.50 bits per heavy atom. The van der Waals surface area contributed by atoms with Gasteiger partial charge in [0.1, 0.15) is 0 Å². The fourth-order valence-electron chi connectivity index (χ4n) is 0.672. The second-order valence-electron chi connectivity index (χ2n) is 2.43. The Morgan fingerprint density at radius 3 is 2.75 bits per heavy atom. The van der Waals surface area contributed by atoms with Crippen LogP contribution in [0, 0.1) is 0 Å². The van der Waals surface area contributed by atoms with Crippen molar-refractivity contribution in [3.05, 3.63) is 12.7 Å². The van der Waals surface area contributed by atoms with Crippen molar-refractivity contribution in [2.45, 2.75) is 26.1 Å². The lowest BCUT2D eigenvalue weighted by molar-refractivity contribution is -0.118. The quantitative estimate of drug-likeness (QED) is 0.279. The van der Waals surface area contributed by atoms with E-state index < -0.39 is 0 Å². The molecule has 0 rings (SSSR count). The van der Waals surface area contributed by atoms with Gasteiger partial charge >= 0.3 is 0 Å². The zero-order valence-corrected chi connectivity index (χ0v) is 9.18. The van der Waals surface area contributed by atoms with Crippen molar-refractivity contribution in [2.24, 2.45) is 0 Å².